The van der Waals surface area contributed by atoms with Gasteiger partial charge in [-0.1, -0.05) is 116 Å². The third-order valence-corrected chi connectivity index (χ3v) is 7.82. The molecule has 0 saturated heterocycles. The highest BCUT2D eigenvalue weighted by atomic mass is 16.5. The number of nitrogens with one attached hydrogen (secondary N) is 1. The van der Waals surface area contributed by atoms with Crippen molar-refractivity contribution >= 4 is 17.8 Å². The number of allylic oxidation sites excluding steroid dienone is 1. The standard InChI is InChI=1S/C35H66N2O5/c1-3-5-7-9-11-12-13-14-15-17-23-29-34(39)42-31(25-20-16-10-8-6-4-2)26-21-18-19-22-28-33(38)37-32(35(40)41)27-24-30-36/h20,25,31-32H,3-19,21-24,26-30,36H2,1-2H3,(H,37,38)(H,40,41)/b25-20-. The van der Waals surface area contributed by atoms with Crippen LogP contribution in [0.2, 0.25) is 0 Å². The molecule has 0 radical (unpaired) electrons. The molecule has 4 N–H and O–H groups in total. The Morgan fingerprint density at radius 2 is 1.21 bits per heavy atom. The summed E-state index contributed by atoms with van der Waals surface area (Å²) in [5.41, 5.74) is 5.46. The lowest BCUT2D eigenvalue weighted by Crippen LogP contribution is -2.40. The van der Waals surface area contributed by atoms with Gasteiger partial charge in [0, 0.05) is 12.8 Å². The molecular formula is C35H66N2O5. The van der Waals surface area contributed by atoms with Crippen LogP contribution in [0.3, 0.4) is 0 Å². The minimum atomic E-state index is -1.01. The highest BCUT2D eigenvalue weighted by Gasteiger charge is 2.19. The van der Waals surface area contributed by atoms with Gasteiger partial charge in [-0.2, -0.15) is 0 Å². The second-order valence-corrected chi connectivity index (χ2v) is 11.9. The van der Waals surface area contributed by atoms with Crippen LogP contribution in [0.5, 0.6) is 0 Å². The third kappa shape index (κ3) is 27.0. The molecule has 0 aromatic rings. The van der Waals surface area contributed by atoms with Gasteiger partial charge in [-0.15, -0.1) is 0 Å². The first kappa shape index (κ1) is 40.1. The molecule has 0 fully saturated rings. The Kier molecular flexibility index (Phi) is 29.2. The van der Waals surface area contributed by atoms with E-state index in [0.717, 1.165) is 44.9 Å². The van der Waals surface area contributed by atoms with Gasteiger partial charge >= 0.3 is 11.9 Å². The second kappa shape index (κ2) is 30.6. The smallest absolute Gasteiger partial charge is 0.326 e. The van der Waals surface area contributed by atoms with E-state index < -0.39 is 12.0 Å². The van der Waals surface area contributed by atoms with E-state index in [1.807, 2.05) is 0 Å². The summed E-state index contributed by atoms with van der Waals surface area (Å²) in [7, 11) is 0. The molecule has 0 aliphatic carbocycles. The number of ether oxygens (including phenoxy) is 1. The normalized spacial score (nSPS) is 12.8. The molecule has 2 unspecified atom stereocenters. The van der Waals surface area contributed by atoms with Crippen molar-refractivity contribution in [2.45, 2.75) is 187 Å². The van der Waals surface area contributed by atoms with Gasteiger partial charge in [0.05, 0.1) is 0 Å². The SMILES string of the molecule is CCCCCC/C=C\C(CCCCCCC(=O)NC(CCCN)C(=O)O)OC(=O)CCCCCCCCCCCCC. The van der Waals surface area contributed by atoms with E-state index in [1.165, 1.54) is 83.5 Å². The van der Waals surface area contributed by atoms with Crippen LogP contribution in [0.1, 0.15) is 174 Å². The van der Waals surface area contributed by atoms with Gasteiger partial charge < -0.3 is 20.9 Å². The highest BCUT2D eigenvalue weighted by molar-refractivity contribution is 5.83. The van der Waals surface area contributed by atoms with Gasteiger partial charge in [0.1, 0.15) is 12.1 Å². The van der Waals surface area contributed by atoms with Gasteiger partial charge in [0.2, 0.25) is 5.91 Å². The summed E-state index contributed by atoms with van der Waals surface area (Å²) in [4.78, 5) is 36.0. The summed E-state index contributed by atoms with van der Waals surface area (Å²) in [5, 5.41) is 11.9. The number of nitrogens with two attached hydrogens (primary N) is 1. The fourth-order valence-corrected chi connectivity index (χ4v) is 5.12. The number of carbonyl (C=O) groups excluding carboxylic acids is 2. The number of amides is 1. The van der Waals surface area contributed by atoms with E-state index in [9.17, 15) is 19.5 Å². The molecule has 42 heavy (non-hydrogen) atoms. The monoisotopic (exact) mass is 594 g/mol. The van der Waals surface area contributed by atoms with Crippen LogP contribution in [0.25, 0.3) is 0 Å². The first-order valence-corrected chi connectivity index (χ1v) is 17.5. The lowest BCUT2D eigenvalue weighted by Gasteiger charge is -2.15. The molecule has 1 amide bonds. The van der Waals surface area contributed by atoms with Gasteiger partial charge in [0.25, 0.3) is 0 Å². The summed E-state index contributed by atoms with van der Waals surface area (Å²) in [6.07, 6.45) is 29.8. The zero-order valence-electron chi connectivity index (χ0n) is 27.4. The zero-order chi connectivity index (χ0) is 31.1. The topological polar surface area (TPSA) is 119 Å². The third-order valence-electron chi connectivity index (χ3n) is 7.82. The zero-order valence-corrected chi connectivity index (χ0v) is 27.4. The Morgan fingerprint density at radius 1 is 0.690 bits per heavy atom. The number of hydrogen-bond donors (Lipinski definition) is 3. The summed E-state index contributed by atoms with van der Waals surface area (Å²) in [5.74, 6) is -1.33. The maximum Gasteiger partial charge on any atom is 0.326 e. The molecule has 0 aliphatic heterocycles. The van der Waals surface area contributed by atoms with Crippen molar-refractivity contribution < 1.29 is 24.2 Å². The molecule has 7 nitrogen and oxygen atoms in total. The molecule has 0 aromatic heterocycles. The fourth-order valence-electron chi connectivity index (χ4n) is 5.12. The lowest BCUT2D eigenvalue weighted by molar-refractivity contribution is -0.147. The second-order valence-electron chi connectivity index (χ2n) is 11.9. The molecule has 246 valence electrons. The maximum absolute atomic E-state index is 12.6. The van der Waals surface area contributed by atoms with Crippen molar-refractivity contribution in [3.05, 3.63) is 12.2 Å². The van der Waals surface area contributed by atoms with Crippen molar-refractivity contribution in [1.82, 2.24) is 5.32 Å². The van der Waals surface area contributed by atoms with Crippen LogP contribution in [0.4, 0.5) is 0 Å². The van der Waals surface area contributed by atoms with Gasteiger partial charge in [-0.3, -0.25) is 9.59 Å². The number of carboxylic acids is 1. The van der Waals surface area contributed by atoms with Crippen LogP contribution in [-0.4, -0.2) is 41.6 Å². The first-order valence-electron chi connectivity index (χ1n) is 17.5. The number of unbranched alkanes of at least 4 members (excludes halogenated alkanes) is 17. The van der Waals surface area contributed by atoms with E-state index in [0.29, 0.717) is 38.6 Å². The average Bonchev–Trinajstić information content (AvgIpc) is 2.97. The number of carboxylic acid groups (broad SMARTS) is 1. The number of esters is 1. The van der Waals surface area contributed by atoms with Crippen molar-refractivity contribution in [3.8, 4) is 0 Å². The summed E-state index contributed by atoms with van der Waals surface area (Å²) in [6.45, 7) is 4.87. The van der Waals surface area contributed by atoms with Crippen molar-refractivity contribution in [3.63, 3.8) is 0 Å². The Labute approximate surface area is 258 Å². The van der Waals surface area contributed by atoms with Gasteiger partial charge in [-0.05, 0) is 64.0 Å². The van der Waals surface area contributed by atoms with Gasteiger partial charge in [-0.25, -0.2) is 4.79 Å². The fraction of sp³-hybridized carbons (Fsp3) is 0.857. The number of aliphatic carboxylic acids is 1. The van der Waals surface area contributed by atoms with Crippen LogP contribution < -0.4 is 11.1 Å². The van der Waals surface area contributed by atoms with Crippen molar-refractivity contribution in [1.29, 1.82) is 0 Å². The molecule has 0 heterocycles. The average molecular weight is 595 g/mol. The molecule has 2 atom stereocenters. The minimum Gasteiger partial charge on any atom is -0.480 e. The van der Waals surface area contributed by atoms with Crippen molar-refractivity contribution in [2.24, 2.45) is 5.73 Å². The van der Waals surface area contributed by atoms with Crippen molar-refractivity contribution in [2.75, 3.05) is 6.54 Å². The van der Waals surface area contributed by atoms with Gasteiger partial charge in [0.15, 0.2) is 0 Å². The molecule has 0 rings (SSSR count). The quantitative estimate of drug-likeness (QED) is 0.0419. The van der Waals surface area contributed by atoms with E-state index >= 15 is 0 Å². The van der Waals surface area contributed by atoms with Crippen LogP contribution in [-0.2, 0) is 19.1 Å². The Bertz CT molecular complexity index is 682. The molecule has 0 aliphatic rings. The molecule has 7 heteroatoms. The minimum absolute atomic E-state index is 0.0918. The first-order chi connectivity index (χ1) is 20.4. The Balaban J connectivity index is 4.27. The number of rotatable bonds is 31. The molecule has 0 saturated carbocycles. The summed E-state index contributed by atoms with van der Waals surface area (Å²) in [6, 6.07) is -0.865. The number of hydrogen-bond acceptors (Lipinski definition) is 5. The van der Waals surface area contributed by atoms with E-state index in [2.05, 4.69) is 31.3 Å². The molecule has 0 aromatic carbocycles. The predicted molar refractivity (Wildman–Crippen MR) is 174 cm³/mol. The summed E-state index contributed by atoms with van der Waals surface area (Å²) < 4.78 is 5.86. The number of carbonyl (C=O) groups is 3. The Hall–Kier alpha value is -1.89. The molecule has 0 bridgehead atoms. The summed E-state index contributed by atoms with van der Waals surface area (Å²) >= 11 is 0. The van der Waals surface area contributed by atoms with E-state index in [-0.39, 0.29) is 18.0 Å². The highest BCUT2D eigenvalue weighted by Crippen LogP contribution is 2.15. The van der Waals surface area contributed by atoms with Crippen LogP contribution in [0.15, 0.2) is 12.2 Å². The predicted octanol–water partition coefficient (Wildman–Crippen LogP) is 8.77. The largest absolute Gasteiger partial charge is 0.480 e. The maximum atomic E-state index is 12.6. The molecular weight excluding hydrogens is 528 g/mol. The Morgan fingerprint density at radius 3 is 1.79 bits per heavy atom. The van der Waals surface area contributed by atoms with Crippen LogP contribution in [0, 0.1) is 0 Å². The van der Waals surface area contributed by atoms with E-state index in [4.69, 9.17) is 10.5 Å². The molecule has 0 spiro atoms. The van der Waals surface area contributed by atoms with Crippen LogP contribution >= 0.6 is 0 Å². The lowest BCUT2D eigenvalue weighted by atomic mass is 10.0. The van der Waals surface area contributed by atoms with E-state index in [1.54, 1.807) is 0 Å².